The summed E-state index contributed by atoms with van der Waals surface area (Å²) in [4.78, 5) is 2.30. The molecule has 1 aromatic carbocycles. The van der Waals surface area contributed by atoms with Gasteiger partial charge in [0, 0.05) is 18.6 Å². The topological polar surface area (TPSA) is 43.7 Å². The molecule has 1 unspecified atom stereocenters. The van der Waals surface area contributed by atoms with Gasteiger partial charge in [0.05, 0.1) is 0 Å². The van der Waals surface area contributed by atoms with E-state index < -0.39 is 12.9 Å². The Balaban J connectivity index is 2.08. The Morgan fingerprint density at radius 2 is 2.24 bits per heavy atom. The maximum absolute atomic E-state index is 13.3. The van der Waals surface area contributed by atoms with Gasteiger partial charge in [-0.25, -0.2) is 4.39 Å². The molecule has 1 saturated heterocycles. The van der Waals surface area contributed by atoms with E-state index in [0.717, 1.165) is 25.2 Å². The molecule has 92 valence electrons. The first-order chi connectivity index (χ1) is 8.06. The van der Waals surface area contributed by atoms with Crippen molar-refractivity contribution in [3.8, 4) is 0 Å². The van der Waals surface area contributed by atoms with Crippen molar-refractivity contribution in [2.45, 2.75) is 19.9 Å². The second kappa shape index (κ2) is 5.17. The largest absolute Gasteiger partial charge is 0.491 e. The van der Waals surface area contributed by atoms with Crippen molar-refractivity contribution in [3.63, 3.8) is 0 Å². The van der Waals surface area contributed by atoms with Gasteiger partial charge in [0.2, 0.25) is 0 Å². The van der Waals surface area contributed by atoms with Crippen LogP contribution in [0.4, 0.5) is 4.39 Å². The van der Waals surface area contributed by atoms with Crippen molar-refractivity contribution in [2.75, 3.05) is 13.1 Å². The quantitative estimate of drug-likeness (QED) is 0.745. The van der Waals surface area contributed by atoms with Crippen LogP contribution < -0.4 is 5.46 Å². The molecule has 0 spiro atoms. The molecule has 0 aliphatic carbocycles. The highest BCUT2D eigenvalue weighted by Gasteiger charge is 2.20. The third kappa shape index (κ3) is 3.06. The standard InChI is InChI=1S/C12H17BFNO2/c1-9-4-5-15(7-9)8-10-2-3-12(14)11(6-10)13(16)17/h2-3,6,9,16-17H,4-5,7-8H2,1H3. The lowest BCUT2D eigenvalue weighted by Crippen LogP contribution is -2.33. The van der Waals surface area contributed by atoms with Crippen LogP contribution >= 0.6 is 0 Å². The summed E-state index contributed by atoms with van der Waals surface area (Å²) < 4.78 is 13.3. The smallest absolute Gasteiger partial charge is 0.423 e. The van der Waals surface area contributed by atoms with Gasteiger partial charge in [0.25, 0.3) is 0 Å². The Morgan fingerprint density at radius 1 is 1.47 bits per heavy atom. The maximum atomic E-state index is 13.3. The van der Waals surface area contributed by atoms with E-state index >= 15 is 0 Å². The van der Waals surface area contributed by atoms with E-state index in [0.29, 0.717) is 5.92 Å². The summed E-state index contributed by atoms with van der Waals surface area (Å²) in [5.74, 6) is 0.136. The van der Waals surface area contributed by atoms with Gasteiger partial charge in [-0.15, -0.1) is 0 Å². The van der Waals surface area contributed by atoms with Crippen LogP contribution in [0, 0.1) is 11.7 Å². The molecule has 5 heteroatoms. The minimum absolute atomic E-state index is 0.0465. The van der Waals surface area contributed by atoms with E-state index in [1.165, 1.54) is 18.6 Å². The fourth-order valence-corrected chi connectivity index (χ4v) is 2.32. The fraction of sp³-hybridized carbons (Fsp3) is 0.500. The van der Waals surface area contributed by atoms with Gasteiger partial charge in [-0.2, -0.15) is 0 Å². The normalized spacial score (nSPS) is 20.8. The number of benzene rings is 1. The third-order valence-corrected chi connectivity index (χ3v) is 3.25. The van der Waals surface area contributed by atoms with Crippen molar-refractivity contribution < 1.29 is 14.4 Å². The third-order valence-electron chi connectivity index (χ3n) is 3.25. The van der Waals surface area contributed by atoms with Gasteiger partial charge in [-0.05, 0) is 30.5 Å². The fourth-order valence-electron chi connectivity index (χ4n) is 2.32. The van der Waals surface area contributed by atoms with Crippen molar-refractivity contribution >= 4 is 12.6 Å². The predicted molar refractivity (Wildman–Crippen MR) is 65.3 cm³/mol. The van der Waals surface area contributed by atoms with E-state index in [4.69, 9.17) is 10.0 Å². The number of hydrogen-bond acceptors (Lipinski definition) is 3. The van der Waals surface area contributed by atoms with Crippen LogP contribution in [-0.2, 0) is 6.54 Å². The van der Waals surface area contributed by atoms with E-state index in [1.807, 2.05) is 0 Å². The Kier molecular flexibility index (Phi) is 3.81. The van der Waals surface area contributed by atoms with Gasteiger partial charge in [-0.1, -0.05) is 19.1 Å². The molecule has 2 rings (SSSR count). The molecule has 0 radical (unpaired) electrons. The highest BCUT2D eigenvalue weighted by Crippen LogP contribution is 2.17. The molecule has 1 aliphatic rings. The Morgan fingerprint density at radius 3 is 2.82 bits per heavy atom. The highest BCUT2D eigenvalue weighted by molar-refractivity contribution is 6.58. The molecule has 1 aromatic rings. The summed E-state index contributed by atoms with van der Waals surface area (Å²) in [6.45, 7) is 5.06. The Labute approximate surface area is 101 Å². The van der Waals surface area contributed by atoms with Gasteiger partial charge in [0.15, 0.2) is 0 Å². The molecular formula is C12H17BFNO2. The number of nitrogens with zero attached hydrogens (tertiary/aromatic N) is 1. The Bertz CT molecular complexity index is 400. The summed E-state index contributed by atoms with van der Waals surface area (Å²) in [6.07, 6.45) is 1.19. The van der Waals surface area contributed by atoms with E-state index in [1.54, 1.807) is 6.07 Å². The summed E-state index contributed by atoms with van der Waals surface area (Å²) in [7, 11) is -1.74. The molecule has 0 saturated carbocycles. The molecule has 0 aromatic heterocycles. The van der Waals surface area contributed by atoms with Gasteiger partial charge in [0.1, 0.15) is 5.82 Å². The van der Waals surface area contributed by atoms with Gasteiger partial charge < -0.3 is 10.0 Å². The Hall–Kier alpha value is -0.905. The maximum Gasteiger partial charge on any atom is 0.491 e. The number of likely N-dealkylation sites (tertiary alicyclic amines) is 1. The highest BCUT2D eigenvalue weighted by atomic mass is 19.1. The first-order valence-corrected chi connectivity index (χ1v) is 5.93. The van der Waals surface area contributed by atoms with Crippen LogP contribution in [0.2, 0.25) is 0 Å². The summed E-state index contributed by atoms with van der Waals surface area (Å²) in [6, 6.07) is 4.52. The van der Waals surface area contributed by atoms with Crippen LogP contribution in [0.3, 0.4) is 0 Å². The predicted octanol–water partition coefficient (Wildman–Crippen LogP) is 0.347. The number of hydrogen-bond donors (Lipinski definition) is 2. The van der Waals surface area contributed by atoms with Crippen molar-refractivity contribution in [1.29, 1.82) is 0 Å². The molecule has 17 heavy (non-hydrogen) atoms. The molecule has 1 heterocycles. The van der Waals surface area contributed by atoms with Crippen molar-refractivity contribution in [2.24, 2.45) is 5.92 Å². The first kappa shape index (κ1) is 12.5. The van der Waals surface area contributed by atoms with E-state index in [9.17, 15) is 4.39 Å². The van der Waals surface area contributed by atoms with Crippen LogP contribution in [0.25, 0.3) is 0 Å². The second-order valence-corrected chi connectivity index (χ2v) is 4.86. The van der Waals surface area contributed by atoms with E-state index in [-0.39, 0.29) is 5.46 Å². The van der Waals surface area contributed by atoms with Gasteiger partial charge >= 0.3 is 7.12 Å². The molecule has 0 bridgehead atoms. The van der Waals surface area contributed by atoms with Crippen LogP contribution in [0.1, 0.15) is 18.9 Å². The molecule has 1 aliphatic heterocycles. The number of rotatable bonds is 3. The monoisotopic (exact) mass is 237 g/mol. The average Bonchev–Trinajstić information content (AvgIpc) is 2.66. The molecule has 1 atom stereocenters. The average molecular weight is 237 g/mol. The minimum atomic E-state index is -1.74. The van der Waals surface area contributed by atoms with E-state index in [2.05, 4.69) is 11.8 Å². The zero-order valence-corrected chi connectivity index (χ0v) is 9.93. The van der Waals surface area contributed by atoms with Gasteiger partial charge in [-0.3, -0.25) is 4.90 Å². The SMILES string of the molecule is CC1CCN(Cc2ccc(F)c(B(O)O)c2)C1. The minimum Gasteiger partial charge on any atom is -0.423 e. The van der Waals surface area contributed by atoms with Crippen LogP contribution in [-0.4, -0.2) is 35.2 Å². The lowest BCUT2D eigenvalue weighted by molar-refractivity contribution is 0.320. The van der Waals surface area contributed by atoms with Crippen molar-refractivity contribution in [1.82, 2.24) is 4.90 Å². The zero-order valence-electron chi connectivity index (χ0n) is 9.93. The zero-order chi connectivity index (χ0) is 12.4. The molecule has 0 amide bonds. The number of halogens is 1. The van der Waals surface area contributed by atoms with Crippen molar-refractivity contribution in [3.05, 3.63) is 29.6 Å². The molecule has 2 N–H and O–H groups in total. The summed E-state index contributed by atoms with van der Waals surface area (Å²) in [5, 5.41) is 18.1. The second-order valence-electron chi connectivity index (χ2n) is 4.86. The first-order valence-electron chi connectivity index (χ1n) is 5.93. The lowest BCUT2D eigenvalue weighted by atomic mass is 9.79. The van der Waals surface area contributed by atoms with Crippen LogP contribution in [0.5, 0.6) is 0 Å². The lowest BCUT2D eigenvalue weighted by Gasteiger charge is -2.16. The summed E-state index contributed by atoms with van der Waals surface area (Å²) >= 11 is 0. The molecule has 1 fully saturated rings. The van der Waals surface area contributed by atoms with Crippen LogP contribution in [0.15, 0.2) is 18.2 Å². The summed E-state index contributed by atoms with van der Waals surface area (Å²) in [5.41, 5.74) is 0.873. The molecular weight excluding hydrogens is 220 g/mol. The molecule has 3 nitrogen and oxygen atoms in total.